The molecule has 250 valence electrons. The van der Waals surface area contributed by atoms with E-state index >= 15 is 0 Å². The summed E-state index contributed by atoms with van der Waals surface area (Å²) in [5.74, 6) is 0. The first kappa shape index (κ1) is 29.4. The van der Waals surface area contributed by atoms with Crippen molar-refractivity contribution in [1.29, 1.82) is 0 Å². The van der Waals surface area contributed by atoms with Crippen LogP contribution in [0.4, 0.5) is 0 Å². The van der Waals surface area contributed by atoms with Crippen LogP contribution in [0.3, 0.4) is 0 Å². The molecule has 0 bridgehead atoms. The molecule has 2 nitrogen and oxygen atoms in total. The van der Waals surface area contributed by atoms with Gasteiger partial charge < -0.3 is 8.83 Å². The topological polar surface area (TPSA) is 26.3 Å². The molecule has 0 fully saturated rings. The Bertz CT molecular complexity index is 3430. The number of furan rings is 2. The molecule has 0 aliphatic heterocycles. The van der Waals surface area contributed by atoms with Gasteiger partial charge in [-0.15, -0.1) is 0 Å². The van der Waals surface area contributed by atoms with Gasteiger partial charge in [-0.1, -0.05) is 140 Å². The molecule has 12 rings (SSSR count). The average molecular weight is 687 g/mol. The van der Waals surface area contributed by atoms with Crippen molar-refractivity contribution < 1.29 is 8.83 Å². The molecule has 0 N–H and O–H groups in total. The van der Waals surface area contributed by atoms with Crippen LogP contribution in [-0.2, 0) is 0 Å². The van der Waals surface area contributed by atoms with Gasteiger partial charge in [0.1, 0.15) is 22.3 Å². The Hall–Kier alpha value is -7.16. The Balaban J connectivity index is 0.979. The van der Waals surface area contributed by atoms with Crippen LogP contribution in [-0.4, -0.2) is 0 Å². The van der Waals surface area contributed by atoms with Crippen molar-refractivity contribution in [3.63, 3.8) is 0 Å². The van der Waals surface area contributed by atoms with Crippen LogP contribution in [0.5, 0.6) is 0 Å². The number of benzene rings is 10. The third kappa shape index (κ3) is 4.28. The maximum atomic E-state index is 6.46. The Morgan fingerprint density at radius 2 is 0.722 bits per heavy atom. The van der Waals surface area contributed by atoms with Gasteiger partial charge in [-0.05, 0) is 119 Å². The molecule has 0 aliphatic carbocycles. The summed E-state index contributed by atoms with van der Waals surface area (Å²) in [6, 6.07) is 65.7. The summed E-state index contributed by atoms with van der Waals surface area (Å²) in [7, 11) is 0. The lowest BCUT2D eigenvalue weighted by molar-refractivity contribution is 0.664. The van der Waals surface area contributed by atoms with E-state index in [1.807, 2.05) is 0 Å². The fraction of sp³-hybridized carbons (Fsp3) is 0. The zero-order valence-electron chi connectivity index (χ0n) is 29.1. The van der Waals surface area contributed by atoms with E-state index in [-0.39, 0.29) is 0 Å². The van der Waals surface area contributed by atoms with Crippen molar-refractivity contribution in [3.05, 3.63) is 182 Å². The molecule has 0 spiro atoms. The molecule has 0 saturated carbocycles. The van der Waals surface area contributed by atoms with Gasteiger partial charge >= 0.3 is 0 Å². The van der Waals surface area contributed by atoms with Crippen molar-refractivity contribution >= 4 is 87.0 Å². The Kier molecular flexibility index (Phi) is 6.09. The molecule has 2 heterocycles. The maximum Gasteiger partial charge on any atom is 0.136 e. The summed E-state index contributed by atoms with van der Waals surface area (Å²) in [6.07, 6.45) is 0. The summed E-state index contributed by atoms with van der Waals surface area (Å²) in [4.78, 5) is 0. The second kappa shape index (κ2) is 11.2. The van der Waals surface area contributed by atoms with Gasteiger partial charge in [0.05, 0.1) is 0 Å². The van der Waals surface area contributed by atoms with E-state index in [9.17, 15) is 0 Å². The van der Waals surface area contributed by atoms with Crippen molar-refractivity contribution in [1.82, 2.24) is 0 Å². The zero-order valence-corrected chi connectivity index (χ0v) is 29.1. The summed E-state index contributed by atoms with van der Waals surface area (Å²) in [5.41, 5.74) is 10.9. The normalized spacial score (nSPS) is 12.1. The monoisotopic (exact) mass is 686 g/mol. The van der Waals surface area contributed by atoms with Crippen LogP contribution in [0.15, 0.2) is 191 Å². The summed E-state index contributed by atoms with van der Waals surface area (Å²) >= 11 is 0. The van der Waals surface area contributed by atoms with Gasteiger partial charge in [-0.2, -0.15) is 0 Å². The molecule has 2 aromatic heterocycles. The summed E-state index contributed by atoms with van der Waals surface area (Å²) < 4.78 is 12.9. The molecule has 0 aliphatic rings. The lowest BCUT2D eigenvalue weighted by atomic mass is 9.85. The molecule has 0 saturated heterocycles. The molecular weight excluding hydrogens is 657 g/mol. The standard InChI is InChI=1S/C52H30O2/c1-2-11-32(12-3-1)50-39-14-6-8-16-41(39)51(42-17-9-7-15-40(42)50)37-21-20-33-26-34(18-19-35(33)27-37)36-23-24-46-43(28-36)44-29-49-45(30-48(44)53-46)52-38-13-5-4-10-31(38)22-25-47(52)54-49/h1-30H. The minimum absolute atomic E-state index is 0.869. The minimum atomic E-state index is 0.869. The number of rotatable bonds is 3. The molecule has 0 radical (unpaired) electrons. The quantitative estimate of drug-likeness (QED) is 0.173. The van der Waals surface area contributed by atoms with Gasteiger partial charge in [0.2, 0.25) is 0 Å². The molecule has 10 aromatic carbocycles. The fourth-order valence-corrected chi connectivity index (χ4v) is 8.93. The molecule has 54 heavy (non-hydrogen) atoms. The van der Waals surface area contributed by atoms with Crippen LogP contribution in [0.25, 0.3) is 120 Å². The molecule has 12 aromatic rings. The highest BCUT2D eigenvalue weighted by Gasteiger charge is 2.18. The van der Waals surface area contributed by atoms with E-state index in [4.69, 9.17) is 8.83 Å². The first-order chi connectivity index (χ1) is 26.7. The second-order valence-corrected chi connectivity index (χ2v) is 14.4. The molecular formula is C52H30O2. The Morgan fingerprint density at radius 3 is 1.46 bits per heavy atom. The van der Waals surface area contributed by atoms with Crippen LogP contribution in [0.2, 0.25) is 0 Å². The number of hydrogen-bond acceptors (Lipinski definition) is 2. The van der Waals surface area contributed by atoms with Gasteiger partial charge in [-0.25, -0.2) is 0 Å². The van der Waals surface area contributed by atoms with E-state index in [0.717, 1.165) is 49.4 Å². The second-order valence-electron chi connectivity index (χ2n) is 14.4. The maximum absolute atomic E-state index is 6.46. The highest BCUT2D eigenvalue weighted by molar-refractivity contribution is 6.23. The third-order valence-corrected chi connectivity index (χ3v) is 11.4. The molecule has 0 unspecified atom stereocenters. The van der Waals surface area contributed by atoms with Gasteiger partial charge in [0.15, 0.2) is 0 Å². The van der Waals surface area contributed by atoms with Crippen molar-refractivity contribution in [2.45, 2.75) is 0 Å². The number of fused-ring (bicyclic) bond motifs is 11. The van der Waals surface area contributed by atoms with Crippen molar-refractivity contribution in [2.75, 3.05) is 0 Å². The van der Waals surface area contributed by atoms with Gasteiger partial charge in [0.25, 0.3) is 0 Å². The lowest BCUT2D eigenvalue weighted by Crippen LogP contribution is -1.90. The van der Waals surface area contributed by atoms with Gasteiger partial charge in [0, 0.05) is 21.5 Å². The highest BCUT2D eigenvalue weighted by atomic mass is 16.3. The van der Waals surface area contributed by atoms with Crippen molar-refractivity contribution in [2.24, 2.45) is 0 Å². The molecule has 0 amide bonds. The van der Waals surface area contributed by atoms with Gasteiger partial charge in [-0.3, -0.25) is 0 Å². The Morgan fingerprint density at radius 1 is 0.241 bits per heavy atom. The van der Waals surface area contributed by atoms with Crippen molar-refractivity contribution in [3.8, 4) is 33.4 Å². The Labute approximate surface area is 310 Å². The lowest BCUT2D eigenvalue weighted by Gasteiger charge is -2.18. The van der Waals surface area contributed by atoms with E-state index in [1.54, 1.807) is 0 Å². The zero-order chi connectivity index (χ0) is 35.3. The summed E-state index contributed by atoms with van der Waals surface area (Å²) in [6.45, 7) is 0. The van der Waals surface area contributed by atoms with Crippen LogP contribution < -0.4 is 0 Å². The van der Waals surface area contributed by atoms with E-state index in [1.165, 1.54) is 70.9 Å². The average Bonchev–Trinajstić information content (AvgIpc) is 3.78. The largest absolute Gasteiger partial charge is 0.456 e. The number of hydrogen-bond donors (Lipinski definition) is 0. The predicted molar refractivity (Wildman–Crippen MR) is 227 cm³/mol. The summed E-state index contributed by atoms with van der Waals surface area (Å²) in [5, 5.41) is 14.2. The minimum Gasteiger partial charge on any atom is -0.456 e. The van der Waals surface area contributed by atoms with E-state index in [0.29, 0.717) is 0 Å². The first-order valence-corrected chi connectivity index (χ1v) is 18.5. The van der Waals surface area contributed by atoms with E-state index in [2.05, 4.69) is 182 Å². The van der Waals surface area contributed by atoms with Crippen LogP contribution in [0, 0.1) is 0 Å². The third-order valence-electron chi connectivity index (χ3n) is 11.4. The fourth-order valence-electron chi connectivity index (χ4n) is 8.93. The van der Waals surface area contributed by atoms with Crippen LogP contribution >= 0.6 is 0 Å². The molecule has 2 heteroatoms. The highest BCUT2D eigenvalue weighted by Crippen LogP contribution is 2.45. The van der Waals surface area contributed by atoms with Crippen LogP contribution in [0.1, 0.15) is 0 Å². The SMILES string of the molecule is c1ccc(-c2c3ccccc3c(-c3ccc4cc(-c5ccc6oc7cc8c(cc7c6c5)oc5ccc6ccccc6c58)ccc4c3)c3ccccc23)cc1. The first-order valence-electron chi connectivity index (χ1n) is 18.5. The predicted octanol–water partition coefficient (Wildman–Crippen LogP) is 15.1. The smallest absolute Gasteiger partial charge is 0.136 e. The molecule has 0 atom stereocenters. The van der Waals surface area contributed by atoms with E-state index < -0.39 is 0 Å².